The van der Waals surface area contributed by atoms with Crippen LogP contribution in [0.2, 0.25) is 0 Å². The Morgan fingerprint density at radius 2 is 2.08 bits per heavy atom. The molecule has 1 N–H and O–H groups in total. The van der Waals surface area contributed by atoms with Crippen LogP contribution in [0.25, 0.3) is 0 Å². The van der Waals surface area contributed by atoms with E-state index in [0.717, 1.165) is 12.5 Å². The maximum absolute atomic E-state index is 4.10. The predicted octanol–water partition coefficient (Wildman–Crippen LogP) is 3.08. The number of hydrogen-bond donors (Lipinski definition) is 1. The Hall–Kier alpha value is -0.460. The van der Waals surface area contributed by atoms with Gasteiger partial charge in [0.1, 0.15) is 0 Å². The van der Waals surface area contributed by atoms with Gasteiger partial charge in [-0.05, 0) is 25.2 Å². The first kappa shape index (κ1) is 9.63. The Morgan fingerprint density at radius 1 is 1.42 bits per heavy atom. The van der Waals surface area contributed by atoms with Crippen LogP contribution < -0.4 is 5.32 Å². The lowest BCUT2D eigenvalue weighted by atomic mass is 10.1. The lowest BCUT2D eigenvalue weighted by Gasteiger charge is -2.14. The van der Waals surface area contributed by atoms with Crippen molar-refractivity contribution in [2.24, 2.45) is 5.92 Å². The third-order valence-electron chi connectivity index (χ3n) is 2.73. The minimum atomic E-state index is 0.779. The van der Waals surface area contributed by atoms with E-state index in [9.17, 15) is 0 Å². The molecular weight excluding hydrogens is 146 g/mol. The molecule has 0 aromatic rings. The summed E-state index contributed by atoms with van der Waals surface area (Å²) in [5.41, 5.74) is 1.29. The zero-order valence-electron chi connectivity index (χ0n) is 8.23. The predicted molar refractivity (Wildman–Crippen MR) is 54.0 cm³/mol. The quantitative estimate of drug-likeness (QED) is 0.620. The molecule has 1 heteroatoms. The summed E-state index contributed by atoms with van der Waals surface area (Å²) in [7, 11) is 0. The summed E-state index contributed by atoms with van der Waals surface area (Å²) < 4.78 is 0. The van der Waals surface area contributed by atoms with Gasteiger partial charge in [-0.25, -0.2) is 0 Å². The van der Waals surface area contributed by atoms with Gasteiger partial charge in [0.15, 0.2) is 0 Å². The summed E-state index contributed by atoms with van der Waals surface area (Å²) in [4.78, 5) is 0. The zero-order chi connectivity index (χ0) is 8.81. The van der Waals surface area contributed by atoms with Crippen molar-refractivity contribution in [2.45, 2.75) is 45.4 Å². The average molecular weight is 167 g/mol. The zero-order valence-corrected chi connectivity index (χ0v) is 8.23. The minimum absolute atomic E-state index is 0.779. The van der Waals surface area contributed by atoms with Gasteiger partial charge in [-0.1, -0.05) is 32.8 Å². The Morgan fingerprint density at radius 3 is 2.67 bits per heavy atom. The molecule has 0 amide bonds. The summed E-state index contributed by atoms with van der Waals surface area (Å²) in [6.07, 6.45) is 8.06. The van der Waals surface area contributed by atoms with Gasteiger partial charge in [0.25, 0.3) is 0 Å². The van der Waals surface area contributed by atoms with Gasteiger partial charge in [0.05, 0.1) is 0 Å². The number of unbranched alkanes of at least 4 members (excludes halogenated alkanes) is 1. The maximum Gasteiger partial charge on any atom is 0.0143 e. The van der Waals surface area contributed by atoms with Crippen LogP contribution in [-0.4, -0.2) is 6.54 Å². The summed E-state index contributed by atoms with van der Waals surface area (Å²) in [6.45, 7) is 7.44. The highest BCUT2D eigenvalue weighted by Crippen LogP contribution is 2.28. The van der Waals surface area contributed by atoms with Gasteiger partial charge in [-0.3, -0.25) is 0 Å². The van der Waals surface area contributed by atoms with Gasteiger partial charge in [-0.15, -0.1) is 0 Å². The summed E-state index contributed by atoms with van der Waals surface area (Å²) >= 11 is 0. The van der Waals surface area contributed by atoms with Crippen molar-refractivity contribution in [3.8, 4) is 0 Å². The fourth-order valence-corrected chi connectivity index (χ4v) is 1.84. The molecule has 1 rings (SSSR count). The summed E-state index contributed by atoms with van der Waals surface area (Å²) in [5, 5.41) is 3.43. The maximum atomic E-state index is 4.10. The second-order valence-corrected chi connectivity index (χ2v) is 3.79. The van der Waals surface area contributed by atoms with Gasteiger partial charge in [0, 0.05) is 12.2 Å². The topological polar surface area (TPSA) is 12.0 Å². The van der Waals surface area contributed by atoms with E-state index in [0.29, 0.717) is 0 Å². The van der Waals surface area contributed by atoms with Crippen LogP contribution in [0.5, 0.6) is 0 Å². The van der Waals surface area contributed by atoms with Crippen molar-refractivity contribution in [3.63, 3.8) is 0 Å². The molecule has 1 aliphatic carbocycles. The lowest BCUT2D eigenvalue weighted by Crippen LogP contribution is -2.18. The standard InChI is InChI=1S/C11H21N/c1-3-4-9-12-10(2)11-7-5-6-8-11/h11-12H,2-9H2,1H3. The number of nitrogens with one attached hydrogen (secondary N) is 1. The third-order valence-corrected chi connectivity index (χ3v) is 2.73. The first-order valence-electron chi connectivity index (χ1n) is 5.27. The SMILES string of the molecule is C=C(NCCCC)C1CCCC1. The number of hydrogen-bond acceptors (Lipinski definition) is 1. The van der Waals surface area contributed by atoms with Gasteiger partial charge in [0.2, 0.25) is 0 Å². The van der Waals surface area contributed by atoms with Gasteiger partial charge < -0.3 is 5.32 Å². The van der Waals surface area contributed by atoms with Crippen LogP contribution in [0.4, 0.5) is 0 Å². The molecule has 0 radical (unpaired) electrons. The smallest absolute Gasteiger partial charge is 0.0143 e. The molecule has 0 atom stereocenters. The molecular formula is C11H21N. The van der Waals surface area contributed by atoms with Gasteiger partial charge in [-0.2, -0.15) is 0 Å². The highest BCUT2D eigenvalue weighted by molar-refractivity contribution is 4.99. The molecule has 0 unspecified atom stereocenters. The van der Waals surface area contributed by atoms with Crippen LogP contribution in [-0.2, 0) is 0 Å². The van der Waals surface area contributed by atoms with Crippen LogP contribution >= 0.6 is 0 Å². The number of allylic oxidation sites excluding steroid dienone is 1. The van der Waals surface area contributed by atoms with E-state index in [1.165, 1.54) is 44.2 Å². The highest BCUT2D eigenvalue weighted by Gasteiger charge is 2.17. The van der Waals surface area contributed by atoms with Crippen molar-refractivity contribution in [3.05, 3.63) is 12.3 Å². The van der Waals surface area contributed by atoms with Crippen LogP contribution in [0.3, 0.4) is 0 Å². The molecule has 70 valence electrons. The van der Waals surface area contributed by atoms with Crippen LogP contribution in [0.15, 0.2) is 12.3 Å². The molecule has 1 fully saturated rings. The van der Waals surface area contributed by atoms with Crippen molar-refractivity contribution in [1.29, 1.82) is 0 Å². The van der Waals surface area contributed by atoms with Crippen LogP contribution in [0, 0.1) is 5.92 Å². The fourth-order valence-electron chi connectivity index (χ4n) is 1.84. The Kier molecular flexibility index (Phi) is 4.20. The molecule has 1 aliphatic rings. The average Bonchev–Trinajstić information content (AvgIpc) is 2.56. The van der Waals surface area contributed by atoms with E-state index in [-0.39, 0.29) is 0 Å². The van der Waals surface area contributed by atoms with E-state index in [1.54, 1.807) is 0 Å². The van der Waals surface area contributed by atoms with E-state index >= 15 is 0 Å². The monoisotopic (exact) mass is 167 g/mol. The third kappa shape index (κ3) is 2.88. The van der Waals surface area contributed by atoms with Crippen LogP contribution in [0.1, 0.15) is 45.4 Å². The summed E-state index contributed by atoms with van der Waals surface area (Å²) in [5.74, 6) is 0.779. The molecule has 0 bridgehead atoms. The molecule has 1 nitrogen and oxygen atoms in total. The minimum Gasteiger partial charge on any atom is -0.389 e. The first-order valence-corrected chi connectivity index (χ1v) is 5.27. The molecule has 0 spiro atoms. The lowest BCUT2D eigenvalue weighted by molar-refractivity contribution is 0.569. The van der Waals surface area contributed by atoms with E-state index in [1.807, 2.05) is 0 Å². The summed E-state index contributed by atoms with van der Waals surface area (Å²) in [6, 6.07) is 0. The highest BCUT2D eigenvalue weighted by atomic mass is 14.9. The normalized spacial score (nSPS) is 18.1. The van der Waals surface area contributed by atoms with Crippen molar-refractivity contribution < 1.29 is 0 Å². The second-order valence-electron chi connectivity index (χ2n) is 3.79. The van der Waals surface area contributed by atoms with Gasteiger partial charge >= 0.3 is 0 Å². The van der Waals surface area contributed by atoms with Crippen molar-refractivity contribution in [1.82, 2.24) is 5.32 Å². The molecule has 1 saturated carbocycles. The molecule has 12 heavy (non-hydrogen) atoms. The largest absolute Gasteiger partial charge is 0.389 e. The molecule has 0 aromatic carbocycles. The van der Waals surface area contributed by atoms with Crippen molar-refractivity contribution in [2.75, 3.05) is 6.54 Å². The molecule has 0 saturated heterocycles. The van der Waals surface area contributed by atoms with E-state index in [2.05, 4.69) is 18.8 Å². The molecule has 0 aliphatic heterocycles. The van der Waals surface area contributed by atoms with E-state index < -0.39 is 0 Å². The number of rotatable bonds is 5. The fraction of sp³-hybridized carbons (Fsp3) is 0.818. The first-order chi connectivity index (χ1) is 5.84. The Balaban J connectivity index is 2.10. The Bertz CT molecular complexity index is 134. The Labute approximate surface area is 76.2 Å². The van der Waals surface area contributed by atoms with E-state index in [4.69, 9.17) is 0 Å². The second kappa shape index (κ2) is 5.23. The molecule has 0 aromatic heterocycles. The molecule has 0 heterocycles. The van der Waals surface area contributed by atoms with Crippen molar-refractivity contribution >= 4 is 0 Å².